The monoisotopic (exact) mass is 1100 g/mol. The molecule has 0 amide bonds. The van der Waals surface area contributed by atoms with Gasteiger partial charge in [-0.15, -0.1) is 0 Å². The van der Waals surface area contributed by atoms with Crippen LogP contribution < -0.4 is 26.2 Å². The Morgan fingerprint density at radius 2 is 0.869 bits per heavy atom. The van der Waals surface area contributed by atoms with Gasteiger partial charge in [0.2, 0.25) is 0 Å². The molecule has 11 aromatic carbocycles. The molecule has 0 saturated heterocycles. The molecule has 3 heterocycles. The maximum absolute atomic E-state index is 11.7. The highest BCUT2D eigenvalue weighted by molar-refractivity contribution is 7.00. The molecule has 14 rings (SSSR count). The average molecular weight is 1100 g/mol. The van der Waals surface area contributed by atoms with Gasteiger partial charge in [0.25, 0.3) is 6.71 Å². The first-order chi connectivity index (χ1) is 45.9. The molecule has 0 aliphatic carbocycles. The van der Waals surface area contributed by atoms with Crippen LogP contribution in [-0.2, 0) is 16.2 Å². The summed E-state index contributed by atoms with van der Waals surface area (Å²) in [5.41, 5.74) is 15.3. The number of fused-ring (bicyclic) bond motifs is 7. The Bertz CT molecular complexity index is 5290. The van der Waals surface area contributed by atoms with Crippen molar-refractivity contribution < 1.29 is 17.8 Å². The molecule has 84 heavy (non-hydrogen) atoms. The standard InChI is InChI=1S/C79H67BN4/c1-77(2,3)59-41-58(42-60(46-59)78(4,5)6)56-35-39-66-72(45-56)83(70-40-36-54(51-23-13-10-14-24-51)43-65(70)53-27-17-12-18-28-53)74-47-61(79(7,8)9)48-75-76(74)80(66)67-38-34-55(52-25-15-11-16-26-52)44-73(67)84(75)71-49-62(37-33-57(71)50-81)82-68-31-21-19-29-63(68)64-30-20-22-32-69(64)82/h10-49H,1-9H3/i11D,15D,16D,19D,20D,21D,22D,25D,26D,29D,30D,31D,32D. The van der Waals surface area contributed by atoms with Crippen LogP contribution in [0.25, 0.3) is 72.0 Å². The van der Waals surface area contributed by atoms with Gasteiger partial charge in [-0.25, -0.2) is 0 Å². The van der Waals surface area contributed by atoms with E-state index in [9.17, 15) is 13.5 Å². The topological polar surface area (TPSA) is 35.2 Å². The number of hydrogen-bond donors (Lipinski definition) is 0. The minimum atomic E-state index is -0.582. The van der Waals surface area contributed by atoms with Crippen molar-refractivity contribution in [1.82, 2.24) is 4.57 Å². The van der Waals surface area contributed by atoms with Crippen molar-refractivity contribution in [3.05, 3.63) is 265 Å². The van der Waals surface area contributed by atoms with Gasteiger partial charge in [-0.05, 0) is 155 Å². The van der Waals surface area contributed by atoms with E-state index in [0.717, 1.165) is 72.4 Å². The highest BCUT2D eigenvalue weighted by Crippen LogP contribution is 2.51. The van der Waals surface area contributed by atoms with Crippen LogP contribution in [0.15, 0.2) is 242 Å². The Kier molecular flexibility index (Phi) is 9.36. The van der Waals surface area contributed by atoms with Crippen molar-refractivity contribution in [2.75, 3.05) is 9.80 Å². The molecule has 4 nitrogen and oxygen atoms in total. The largest absolute Gasteiger partial charge is 0.311 e. The summed E-state index contributed by atoms with van der Waals surface area (Å²) in [6.45, 7) is 19.3. The van der Waals surface area contributed by atoms with Crippen LogP contribution in [0.4, 0.5) is 34.1 Å². The summed E-state index contributed by atoms with van der Waals surface area (Å²) in [6.07, 6.45) is 0. The van der Waals surface area contributed by atoms with Gasteiger partial charge in [0, 0.05) is 44.8 Å². The number of benzene rings is 11. The van der Waals surface area contributed by atoms with E-state index in [4.69, 9.17) is 9.60 Å². The zero-order valence-corrected chi connectivity index (χ0v) is 48.5. The Morgan fingerprint density at radius 3 is 1.43 bits per heavy atom. The fourth-order valence-electron chi connectivity index (χ4n) is 12.3. The van der Waals surface area contributed by atoms with E-state index in [2.05, 4.69) is 164 Å². The van der Waals surface area contributed by atoms with E-state index in [1.54, 1.807) is 24.3 Å². The van der Waals surface area contributed by atoms with Crippen LogP contribution >= 0.6 is 0 Å². The van der Waals surface area contributed by atoms with Gasteiger partial charge in [-0.3, -0.25) is 0 Å². The molecule has 0 N–H and O–H groups in total. The molecule has 2 aliphatic rings. The summed E-state index contributed by atoms with van der Waals surface area (Å²) in [7, 11) is 0. The van der Waals surface area contributed by atoms with Gasteiger partial charge in [0.05, 0.1) is 45.8 Å². The summed E-state index contributed by atoms with van der Waals surface area (Å²) in [5.74, 6) is 0. The van der Waals surface area contributed by atoms with Crippen molar-refractivity contribution in [2.24, 2.45) is 0 Å². The molecular weight excluding hydrogens is 1020 g/mol. The molecule has 406 valence electrons. The summed E-state index contributed by atoms with van der Waals surface area (Å²) in [5, 5.41) is 11.4. The first-order valence-corrected chi connectivity index (χ1v) is 28.5. The quantitative estimate of drug-likeness (QED) is 0.149. The minimum Gasteiger partial charge on any atom is -0.311 e. The highest BCUT2D eigenvalue weighted by Gasteiger charge is 2.45. The molecule has 12 aromatic rings. The third-order valence-electron chi connectivity index (χ3n) is 16.8. The molecule has 0 unspecified atom stereocenters. The van der Waals surface area contributed by atoms with Crippen LogP contribution in [0.1, 0.15) is 102 Å². The van der Waals surface area contributed by atoms with Crippen LogP contribution in [0.3, 0.4) is 0 Å². The smallest absolute Gasteiger partial charge is 0.252 e. The molecule has 0 fully saturated rings. The van der Waals surface area contributed by atoms with Crippen LogP contribution in [-0.4, -0.2) is 11.3 Å². The predicted molar refractivity (Wildman–Crippen MR) is 357 cm³/mol. The van der Waals surface area contributed by atoms with Crippen LogP contribution in [0.2, 0.25) is 0 Å². The molecule has 2 aliphatic heterocycles. The first-order valence-electron chi connectivity index (χ1n) is 35.0. The maximum atomic E-state index is 11.7. The molecule has 0 bridgehead atoms. The first kappa shape index (κ1) is 39.7. The lowest BCUT2D eigenvalue weighted by atomic mass is 9.33. The second kappa shape index (κ2) is 19.8. The predicted octanol–water partition coefficient (Wildman–Crippen LogP) is 19.3. The van der Waals surface area contributed by atoms with E-state index in [0.29, 0.717) is 16.9 Å². The molecule has 5 heteroatoms. The number of nitriles is 1. The van der Waals surface area contributed by atoms with Crippen LogP contribution in [0.5, 0.6) is 0 Å². The third-order valence-corrected chi connectivity index (χ3v) is 16.8. The fourth-order valence-corrected chi connectivity index (χ4v) is 12.3. The minimum absolute atomic E-state index is 0.0362. The normalized spacial score (nSPS) is 15.1. The van der Waals surface area contributed by atoms with Gasteiger partial charge >= 0.3 is 0 Å². The Balaban J connectivity index is 1.15. The van der Waals surface area contributed by atoms with Gasteiger partial charge in [-0.2, -0.15) is 5.26 Å². The molecule has 0 atom stereocenters. The fraction of sp³-hybridized carbons (Fsp3) is 0.152. The maximum Gasteiger partial charge on any atom is 0.252 e. The molecule has 0 saturated carbocycles. The number of anilines is 6. The molecule has 1 aromatic heterocycles. The van der Waals surface area contributed by atoms with Gasteiger partial charge in [0.15, 0.2) is 0 Å². The SMILES string of the molecule is [2H]c1c([2H])c([2H])c(-c2ccc3c(c2)N(c2cc(-n4c5c([2H])c([2H])c([2H])c([2H])c5c5c([2H])c([2H])c([2H])c([2H])c54)ccc2C#N)c2cc(C(C)(C)C)cc4c2B3c2ccc(-c3cc(C(C)(C)C)cc(C(C)(C)C)c3)cc2N4c2ccc(-c3ccccc3)cc2-c2ccccc2)c([2H])c1[2H]. The number of para-hydroxylation sites is 2. The van der Waals surface area contributed by atoms with Crippen LogP contribution in [0, 0.1) is 11.3 Å². The van der Waals surface area contributed by atoms with E-state index >= 15 is 0 Å². The lowest BCUT2D eigenvalue weighted by molar-refractivity contribution is 0.569. The number of hydrogen-bond acceptors (Lipinski definition) is 3. The summed E-state index contributed by atoms with van der Waals surface area (Å²) >= 11 is 0. The zero-order chi connectivity index (χ0) is 69.1. The van der Waals surface area contributed by atoms with E-state index < -0.39 is 90.7 Å². The van der Waals surface area contributed by atoms with E-state index in [1.807, 2.05) is 53.4 Å². The van der Waals surface area contributed by atoms with Crippen molar-refractivity contribution in [3.8, 4) is 56.3 Å². The lowest BCUT2D eigenvalue weighted by Crippen LogP contribution is -2.61. The van der Waals surface area contributed by atoms with Crippen molar-refractivity contribution in [3.63, 3.8) is 0 Å². The highest BCUT2D eigenvalue weighted by atomic mass is 15.2. The van der Waals surface area contributed by atoms with E-state index in [1.165, 1.54) is 15.7 Å². The second-order valence-electron chi connectivity index (χ2n) is 25.2. The molecule has 0 radical (unpaired) electrons. The number of aromatic nitrogens is 1. The Labute approximate surface area is 513 Å². The number of nitrogens with zero attached hydrogens (tertiary/aromatic N) is 4. The lowest BCUT2D eigenvalue weighted by Gasteiger charge is -2.45. The summed E-state index contributed by atoms with van der Waals surface area (Å²) < 4.78 is 120. The van der Waals surface area contributed by atoms with Gasteiger partial charge in [-0.1, -0.05) is 238 Å². The summed E-state index contributed by atoms with van der Waals surface area (Å²) in [4.78, 5) is 4.35. The number of rotatable bonds is 7. The van der Waals surface area contributed by atoms with Crippen molar-refractivity contribution in [1.29, 1.82) is 5.26 Å². The van der Waals surface area contributed by atoms with E-state index in [-0.39, 0.29) is 55.1 Å². The Hall–Kier alpha value is -9.63. The molecule has 0 spiro atoms. The van der Waals surface area contributed by atoms with Crippen molar-refractivity contribution in [2.45, 2.75) is 78.6 Å². The summed E-state index contributed by atoms with van der Waals surface area (Å²) in [6, 6.07) is 51.5. The van der Waals surface area contributed by atoms with Gasteiger partial charge in [0.1, 0.15) is 6.07 Å². The second-order valence-corrected chi connectivity index (χ2v) is 25.2. The zero-order valence-electron chi connectivity index (χ0n) is 61.5. The average Bonchev–Trinajstić information content (AvgIpc) is 1.59. The molecular formula is C79H67BN4. The Morgan fingerprint density at radius 1 is 0.381 bits per heavy atom. The third kappa shape index (κ3) is 8.83. The van der Waals surface area contributed by atoms with Gasteiger partial charge < -0.3 is 14.4 Å². The van der Waals surface area contributed by atoms with Crippen molar-refractivity contribution >= 4 is 79.0 Å².